The zero-order chi connectivity index (χ0) is 20.6. The van der Waals surface area contributed by atoms with Gasteiger partial charge in [-0.2, -0.15) is 22.6 Å². The van der Waals surface area contributed by atoms with E-state index in [1.165, 1.54) is 27.9 Å². The first kappa shape index (κ1) is 19.6. The predicted octanol–water partition coefficient (Wildman–Crippen LogP) is 4.40. The standard InChI is InChI=1S/C18H18F3N5O2S/c19-18(20,21)13-3-1-2-12(10-13)11-24-6-4-14(5-7-24)22-15-16(26(27)28)25-8-9-29-17(25)23-15/h1-3,8-10,14,22H,4-7,11H2. The lowest BCUT2D eigenvalue weighted by molar-refractivity contribution is -0.389. The molecule has 2 aromatic heterocycles. The van der Waals surface area contributed by atoms with Crippen LogP contribution in [0.15, 0.2) is 35.8 Å². The van der Waals surface area contributed by atoms with Crippen LogP contribution >= 0.6 is 11.3 Å². The second-order valence-corrected chi connectivity index (χ2v) is 7.86. The Kier molecular flexibility index (Phi) is 5.17. The molecule has 1 saturated heterocycles. The molecule has 0 radical (unpaired) electrons. The molecule has 3 aromatic rings. The van der Waals surface area contributed by atoms with Crippen molar-refractivity contribution in [2.75, 3.05) is 18.4 Å². The van der Waals surface area contributed by atoms with Crippen molar-refractivity contribution in [3.63, 3.8) is 0 Å². The fourth-order valence-corrected chi connectivity index (χ4v) is 4.29. The van der Waals surface area contributed by atoms with Gasteiger partial charge in [-0.15, -0.1) is 0 Å². The highest BCUT2D eigenvalue weighted by Gasteiger charge is 2.31. The van der Waals surface area contributed by atoms with Crippen LogP contribution in [0.5, 0.6) is 0 Å². The third-order valence-corrected chi connectivity index (χ3v) is 5.76. The van der Waals surface area contributed by atoms with Crippen molar-refractivity contribution >= 4 is 27.9 Å². The van der Waals surface area contributed by atoms with Crippen LogP contribution in [0.3, 0.4) is 0 Å². The molecule has 7 nitrogen and oxygen atoms in total. The molecular formula is C18H18F3N5O2S. The molecule has 0 atom stereocenters. The summed E-state index contributed by atoms with van der Waals surface area (Å²) >= 11 is 1.33. The molecule has 0 amide bonds. The fourth-order valence-electron chi connectivity index (χ4n) is 3.58. The Hall–Kier alpha value is -2.66. The third kappa shape index (κ3) is 4.20. The molecule has 3 heterocycles. The van der Waals surface area contributed by atoms with Crippen LogP contribution in [-0.2, 0) is 12.7 Å². The molecule has 29 heavy (non-hydrogen) atoms. The van der Waals surface area contributed by atoms with Gasteiger partial charge in [0.25, 0.3) is 4.96 Å². The third-order valence-electron chi connectivity index (χ3n) is 5.00. The molecule has 0 bridgehead atoms. The van der Waals surface area contributed by atoms with E-state index >= 15 is 0 Å². The number of nitro groups is 1. The Morgan fingerprint density at radius 1 is 1.31 bits per heavy atom. The topological polar surface area (TPSA) is 75.7 Å². The lowest BCUT2D eigenvalue weighted by atomic mass is 10.0. The van der Waals surface area contributed by atoms with Crippen molar-refractivity contribution in [1.29, 1.82) is 0 Å². The molecule has 0 aliphatic carbocycles. The average Bonchev–Trinajstić information content (AvgIpc) is 3.23. The van der Waals surface area contributed by atoms with E-state index in [0.29, 0.717) is 30.2 Å². The summed E-state index contributed by atoms with van der Waals surface area (Å²) < 4.78 is 40.1. The number of halogens is 3. The maximum absolute atomic E-state index is 12.9. The first-order valence-electron chi connectivity index (χ1n) is 9.06. The SMILES string of the molecule is O=[N+]([O-])c1c(NC2CCN(Cc3cccc(C(F)(F)F)c3)CC2)nc2sccn12. The summed E-state index contributed by atoms with van der Waals surface area (Å²) in [6.07, 6.45) is -1.28. The van der Waals surface area contributed by atoms with Crippen LogP contribution in [0.25, 0.3) is 4.96 Å². The summed E-state index contributed by atoms with van der Waals surface area (Å²) in [7, 11) is 0. The highest BCUT2D eigenvalue weighted by molar-refractivity contribution is 7.15. The molecule has 0 spiro atoms. The number of aromatic nitrogens is 2. The fraction of sp³-hybridized carbons (Fsp3) is 0.389. The number of anilines is 1. The van der Waals surface area contributed by atoms with E-state index in [1.807, 2.05) is 0 Å². The maximum Gasteiger partial charge on any atom is 0.416 e. The zero-order valence-electron chi connectivity index (χ0n) is 15.2. The van der Waals surface area contributed by atoms with E-state index < -0.39 is 16.7 Å². The largest absolute Gasteiger partial charge is 0.416 e. The predicted molar refractivity (Wildman–Crippen MR) is 103 cm³/mol. The Morgan fingerprint density at radius 2 is 2.07 bits per heavy atom. The minimum absolute atomic E-state index is 0.0241. The summed E-state index contributed by atoms with van der Waals surface area (Å²) in [5.74, 6) is 0.186. The number of imidazole rings is 1. The number of benzene rings is 1. The molecule has 4 rings (SSSR count). The number of hydrogen-bond acceptors (Lipinski definition) is 6. The second-order valence-electron chi connectivity index (χ2n) is 6.99. The number of nitrogens with one attached hydrogen (secondary N) is 1. The van der Waals surface area contributed by atoms with Crippen LogP contribution in [0, 0.1) is 10.1 Å². The maximum atomic E-state index is 12.9. The summed E-state index contributed by atoms with van der Waals surface area (Å²) in [5, 5.41) is 16.3. The van der Waals surface area contributed by atoms with Crippen molar-refractivity contribution in [3.8, 4) is 0 Å². The minimum Gasteiger partial charge on any atom is -0.360 e. The molecule has 1 aliphatic heterocycles. The Balaban J connectivity index is 1.37. The molecule has 1 fully saturated rings. The molecule has 1 N–H and O–H groups in total. The van der Waals surface area contributed by atoms with E-state index in [0.717, 1.165) is 18.9 Å². The Labute approximate surface area is 167 Å². The van der Waals surface area contributed by atoms with Gasteiger partial charge in [0.1, 0.15) is 6.20 Å². The van der Waals surface area contributed by atoms with Gasteiger partial charge >= 0.3 is 12.0 Å². The van der Waals surface area contributed by atoms with Crippen LogP contribution in [0.4, 0.5) is 24.8 Å². The van der Waals surface area contributed by atoms with Gasteiger partial charge in [0.05, 0.1) is 5.56 Å². The summed E-state index contributed by atoms with van der Waals surface area (Å²) in [6, 6.07) is 5.40. The van der Waals surface area contributed by atoms with Crippen molar-refractivity contribution < 1.29 is 18.1 Å². The molecule has 1 aliphatic rings. The van der Waals surface area contributed by atoms with Gasteiger partial charge in [-0.05, 0) is 29.4 Å². The highest BCUT2D eigenvalue weighted by atomic mass is 32.1. The Bertz CT molecular complexity index is 1020. The van der Waals surface area contributed by atoms with Crippen molar-refractivity contribution in [3.05, 3.63) is 57.1 Å². The number of piperidine rings is 1. The molecular weight excluding hydrogens is 407 g/mol. The molecule has 0 saturated carbocycles. The number of alkyl halides is 3. The summed E-state index contributed by atoms with van der Waals surface area (Å²) in [4.78, 5) is 17.9. The smallest absolute Gasteiger partial charge is 0.360 e. The van der Waals surface area contributed by atoms with E-state index in [2.05, 4.69) is 15.2 Å². The van der Waals surface area contributed by atoms with Crippen LogP contribution in [-0.4, -0.2) is 38.3 Å². The van der Waals surface area contributed by atoms with Crippen LogP contribution < -0.4 is 5.32 Å². The van der Waals surface area contributed by atoms with Crippen molar-refractivity contribution in [1.82, 2.24) is 14.3 Å². The van der Waals surface area contributed by atoms with Gasteiger partial charge in [-0.3, -0.25) is 4.90 Å². The monoisotopic (exact) mass is 425 g/mol. The zero-order valence-corrected chi connectivity index (χ0v) is 16.0. The van der Waals surface area contributed by atoms with Crippen molar-refractivity contribution in [2.45, 2.75) is 31.6 Å². The number of nitrogens with zero attached hydrogens (tertiary/aromatic N) is 4. The molecule has 154 valence electrons. The van der Waals surface area contributed by atoms with Crippen LogP contribution in [0.1, 0.15) is 24.0 Å². The summed E-state index contributed by atoms with van der Waals surface area (Å²) in [5.41, 5.74) is -0.0187. The van der Waals surface area contributed by atoms with Gasteiger partial charge in [-0.25, -0.2) is 0 Å². The molecule has 1 aromatic carbocycles. The van der Waals surface area contributed by atoms with E-state index in [9.17, 15) is 23.3 Å². The first-order chi connectivity index (χ1) is 13.8. The average molecular weight is 425 g/mol. The summed E-state index contributed by atoms with van der Waals surface area (Å²) in [6.45, 7) is 1.81. The second kappa shape index (κ2) is 7.64. The highest BCUT2D eigenvalue weighted by Crippen LogP contribution is 2.31. The number of fused-ring (bicyclic) bond motifs is 1. The number of thiazole rings is 1. The first-order valence-corrected chi connectivity index (χ1v) is 9.94. The van der Waals surface area contributed by atoms with Crippen molar-refractivity contribution in [2.24, 2.45) is 0 Å². The van der Waals surface area contributed by atoms with Gasteiger partial charge in [0.15, 0.2) is 0 Å². The van der Waals surface area contributed by atoms with Gasteiger partial charge in [0, 0.05) is 31.1 Å². The van der Waals surface area contributed by atoms with Gasteiger partial charge in [-0.1, -0.05) is 29.5 Å². The van der Waals surface area contributed by atoms with E-state index in [4.69, 9.17) is 0 Å². The van der Waals surface area contributed by atoms with E-state index in [1.54, 1.807) is 17.6 Å². The molecule has 11 heteroatoms. The number of rotatable bonds is 5. The lowest BCUT2D eigenvalue weighted by Crippen LogP contribution is -2.38. The number of likely N-dealkylation sites (tertiary alicyclic amines) is 1. The van der Waals surface area contributed by atoms with Crippen LogP contribution in [0.2, 0.25) is 0 Å². The Morgan fingerprint density at radius 3 is 2.76 bits per heavy atom. The number of hydrogen-bond donors (Lipinski definition) is 1. The molecule has 0 unspecified atom stereocenters. The van der Waals surface area contributed by atoms with Gasteiger partial charge in [0.2, 0.25) is 5.82 Å². The van der Waals surface area contributed by atoms with Gasteiger partial charge < -0.3 is 15.4 Å². The quantitative estimate of drug-likeness (QED) is 0.484. The lowest BCUT2D eigenvalue weighted by Gasteiger charge is -2.32. The normalized spacial score (nSPS) is 16.4. The minimum atomic E-state index is -4.35. The van der Waals surface area contributed by atoms with E-state index in [-0.39, 0.29) is 17.7 Å².